The highest BCUT2D eigenvalue weighted by Gasteiger charge is 2.39. The Balaban J connectivity index is 2.00. The maximum Gasteiger partial charge on any atom is 0.0695 e. The molecule has 0 amide bonds. The topological polar surface area (TPSA) is 23.5 Å². The Morgan fingerprint density at radius 1 is 1.18 bits per heavy atom. The van der Waals surface area contributed by atoms with Gasteiger partial charge in [0.05, 0.1) is 6.10 Å². The van der Waals surface area contributed by atoms with E-state index in [-0.39, 0.29) is 6.10 Å². The van der Waals surface area contributed by atoms with Crippen molar-refractivity contribution in [2.24, 2.45) is 11.3 Å². The first-order valence-corrected chi connectivity index (χ1v) is 7.46. The molecule has 0 radical (unpaired) electrons. The summed E-state index contributed by atoms with van der Waals surface area (Å²) in [6, 6.07) is 0.446. The van der Waals surface area contributed by atoms with Crippen molar-refractivity contribution in [3.8, 4) is 0 Å². The van der Waals surface area contributed by atoms with Crippen molar-refractivity contribution in [1.29, 1.82) is 0 Å². The van der Waals surface area contributed by atoms with Crippen LogP contribution in [0.15, 0.2) is 0 Å². The van der Waals surface area contributed by atoms with Crippen LogP contribution in [0.4, 0.5) is 0 Å². The molecule has 2 nitrogen and oxygen atoms in total. The summed E-state index contributed by atoms with van der Waals surface area (Å²) >= 11 is 0. The summed E-state index contributed by atoms with van der Waals surface area (Å²) < 4.78 is 0. The molecule has 2 fully saturated rings. The van der Waals surface area contributed by atoms with E-state index in [0.717, 1.165) is 12.3 Å². The lowest BCUT2D eigenvalue weighted by Crippen LogP contribution is -2.48. The van der Waals surface area contributed by atoms with E-state index < -0.39 is 0 Å². The van der Waals surface area contributed by atoms with Crippen molar-refractivity contribution in [3.63, 3.8) is 0 Å². The Labute approximate surface area is 106 Å². The Bertz CT molecular complexity index is 245. The van der Waals surface area contributed by atoms with Gasteiger partial charge in [0.15, 0.2) is 0 Å². The summed E-state index contributed by atoms with van der Waals surface area (Å²) in [5.74, 6) is 0.793. The normalized spacial score (nSPS) is 36.4. The second-order valence-electron chi connectivity index (χ2n) is 6.73. The van der Waals surface area contributed by atoms with E-state index in [2.05, 4.69) is 25.7 Å². The number of rotatable bonds is 3. The summed E-state index contributed by atoms with van der Waals surface area (Å²) in [7, 11) is 0. The van der Waals surface area contributed by atoms with E-state index in [1.807, 2.05) is 0 Å². The Hall–Kier alpha value is -0.0800. The largest absolute Gasteiger partial charge is 0.391 e. The fourth-order valence-corrected chi connectivity index (χ4v) is 3.59. The van der Waals surface area contributed by atoms with Crippen molar-refractivity contribution in [3.05, 3.63) is 0 Å². The van der Waals surface area contributed by atoms with Gasteiger partial charge in [-0.15, -0.1) is 0 Å². The molecule has 1 aliphatic heterocycles. The first-order chi connectivity index (χ1) is 8.04. The molecule has 1 N–H and O–H groups in total. The summed E-state index contributed by atoms with van der Waals surface area (Å²) in [5.41, 5.74) is 0.443. The van der Waals surface area contributed by atoms with Crippen LogP contribution in [0.5, 0.6) is 0 Å². The predicted octanol–water partition coefficient (Wildman–Crippen LogP) is 3.05. The third-order valence-electron chi connectivity index (χ3n) is 5.41. The standard InChI is InChI=1S/C15H29NO/c1-4-15(2,3)12-7-8-14(17)13(11-12)16-9-5-6-10-16/h12-14,17H,4-11H2,1-3H3. The van der Waals surface area contributed by atoms with Crippen molar-refractivity contribution >= 4 is 0 Å². The van der Waals surface area contributed by atoms with Gasteiger partial charge in [-0.25, -0.2) is 0 Å². The maximum atomic E-state index is 10.2. The zero-order chi connectivity index (χ0) is 12.5. The Kier molecular flexibility index (Phi) is 4.14. The van der Waals surface area contributed by atoms with Crippen molar-refractivity contribution in [2.75, 3.05) is 13.1 Å². The van der Waals surface area contributed by atoms with E-state index in [1.165, 1.54) is 45.2 Å². The second-order valence-corrected chi connectivity index (χ2v) is 6.73. The average molecular weight is 239 g/mol. The van der Waals surface area contributed by atoms with Gasteiger partial charge >= 0.3 is 0 Å². The lowest BCUT2D eigenvalue weighted by Gasteiger charge is -2.44. The quantitative estimate of drug-likeness (QED) is 0.818. The molecule has 1 heterocycles. The van der Waals surface area contributed by atoms with Crippen LogP contribution in [-0.4, -0.2) is 35.2 Å². The number of aliphatic hydroxyl groups excluding tert-OH is 1. The van der Waals surface area contributed by atoms with E-state index in [4.69, 9.17) is 0 Å². The minimum Gasteiger partial charge on any atom is -0.391 e. The van der Waals surface area contributed by atoms with Gasteiger partial charge in [-0.05, 0) is 56.5 Å². The minimum atomic E-state index is -0.0722. The molecule has 1 saturated carbocycles. The molecule has 0 aromatic rings. The van der Waals surface area contributed by atoms with Gasteiger partial charge in [0.1, 0.15) is 0 Å². The number of hydrogen-bond acceptors (Lipinski definition) is 2. The summed E-state index contributed by atoms with van der Waals surface area (Å²) in [6.07, 6.45) is 7.26. The molecule has 1 saturated heterocycles. The van der Waals surface area contributed by atoms with Crippen molar-refractivity contribution in [1.82, 2.24) is 4.90 Å². The van der Waals surface area contributed by atoms with Crippen molar-refractivity contribution in [2.45, 2.75) is 71.4 Å². The number of likely N-dealkylation sites (tertiary alicyclic amines) is 1. The number of aliphatic hydroxyl groups is 1. The fourth-order valence-electron chi connectivity index (χ4n) is 3.59. The van der Waals surface area contributed by atoms with Crippen LogP contribution >= 0.6 is 0 Å². The lowest BCUT2D eigenvalue weighted by atomic mass is 9.67. The summed E-state index contributed by atoms with van der Waals surface area (Å²) in [6.45, 7) is 9.52. The van der Waals surface area contributed by atoms with E-state index in [0.29, 0.717) is 11.5 Å². The molecule has 2 aliphatic rings. The van der Waals surface area contributed by atoms with Crippen molar-refractivity contribution < 1.29 is 5.11 Å². The summed E-state index contributed by atoms with van der Waals surface area (Å²) in [4.78, 5) is 2.54. The van der Waals surface area contributed by atoms with Crippen LogP contribution in [0.1, 0.15) is 59.3 Å². The lowest BCUT2D eigenvalue weighted by molar-refractivity contribution is -0.0127. The highest BCUT2D eigenvalue weighted by atomic mass is 16.3. The van der Waals surface area contributed by atoms with Gasteiger partial charge in [0, 0.05) is 6.04 Å². The number of hydrogen-bond donors (Lipinski definition) is 1. The number of nitrogens with zero attached hydrogens (tertiary/aromatic N) is 1. The zero-order valence-electron chi connectivity index (χ0n) is 11.8. The molecule has 0 aromatic heterocycles. The van der Waals surface area contributed by atoms with Gasteiger partial charge in [0.25, 0.3) is 0 Å². The second kappa shape index (κ2) is 5.27. The van der Waals surface area contributed by atoms with Crippen LogP contribution in [0.25, 0.3) is 0 Å². The van der Waals surface area contributed by atoms with Gasteiger partial charge in [-0.3, -0.25) is 4.90 Å². The highest BCUT2D eigenvalue weighted by Crippen LogP contribution is 2.42. The third-order valence-corrected chi connectivity index (χ3v) is 5.41. The SMILES string of the molecule is CCC(C)(C)C1CCC(O)C(N2CCCC2)C1. The Morgan fingerprint density at radius 3 is 2.41 bits per heavy atom. The first kappa shape index (κ1) is 13.4. The van der Waals surface area contributed by atoms with Gasteiger partial charge < -0.3 is 5.11 Å². The summed E-state index contributed by atoms with van der Waals surface area (Å²) in [5, 5.41) is 10.2. The van der Waals surface area contributed by atoms with Gasteiger partial charge in [-0.2, -0.15) is 0 Å². The molecule has 3 unspecified atom stereocenters. The highest BCUT2D eigenvalue weighted by molar-refractivity contribution is 4.92. The van der Waals surface area contributed by atoms with Gasteiger partial charge in [-0.1, -0.05) is 27.2 Å². The fraction of sp³-hybridized carbons (Fsp3) is 1.00. The van der Waals surface area contributed by atoms with Gasteiger partial charge in [0.2, 0.25) is 0 Å². The molecule has 1 aliphatic carbocycles. The van der Waals surface area contributed by atoms with E-state index in [9.17, 15) is 5.11 Å². The maximum absolute atomic E-state index is 10.2. The molecule has 2 heteroatoms. The molecule has 0 spiro atoms. The molecule has 0 bridgehead atoms. The molecule has 17 heavy (non-hydrogen) atoms. The van der Waals surface area contributed by atoms with E-state index >= 15 is 0 Å². The average Bonchev–Trinajstić information content (AvgIpc) is 2.83. The van der Waals surface area contributed by atoms with Crippen LogP contribution in [0.3, 0.4) is 0 Å². The molecular formula is C15H29NO. The van der Waals surface area contributed by atoms with Crippen LogP contribution in [-0.2, 0) is 0 Å². The molecular weight excluding hydrogens is 210 g/mol. The molecule has 0 aromatic carbocycles. The molecule has 2 rings (SSSR count). The van der Waals surface area contributed by atoms with Crippen LogP contribution in [0.2, 0.25) is 0 Å². The minimum absolute atomic E-state index is 0.0722. The smallest absolute Gasteiger partial charge is 0.0695 e. The Morgan fingerprint density at radius 2 is 1.82 bits per heavy atom. The first-order valence-electron chi connectivity index (χ1n) is 7.46. The molecule has 100 valence electrons. The predicted molar refractivity (Wildman–Crippen MR) is 72.0 cm³/mol. The third kappa shape index (κ3) is 2.85. The monoisotopic (exact) mass is 239 g/mol. The molecule has 3 atom stereocenters. The van der Waals surface area contributed by atoms with E-state index in [1.54, 1.807) is 0 Å². The van der Waals surface area contributed by atoms with Crippen LogP contribution in [0, 0.1) is 11.3 Å². The van der Waals surface area contributed by atoms with Crippen LogP contribution < -0.4 is 0 Å². The zero-order valence-corrected chi connectivity index (χ0v) is 11.8.